The van der Waals surface area contributed by atoms with Crippen molar-refractivity contribution in [2.75, 3.05) is 19.6 Å². The van der Waals surface area contributed by atoms with Crippen LogP contribution in [0.5, 0.6) is 0 Å². The largest absolute Gasteiger partial charge is 0.355 e. The van der Waals surface area contributed by atoms with Crippen LogP contribution in [0.3, 0.4) is 0 Å². The average Bonchev–Trinajstić information content (AvgIpc) is 2.36. The van der Waals surface area contributed by atoms with Crippen LogP contribution in [-0.2, 0) is 9.59 Å². The molecule has 2 amide bonds. The highest BCUT2D eigenvalue weighted by atomic mass is 16.2. The van der Waals surface area contributed by atoms with E-state index in [1.54, 1.807) is 0 Å². The lowest BCUT2D eigenvalue weighted by atomic mass is 9.90. The monoisotopic (exact) mass is 241 g/mol. The van der Waals surface area contributed by atoms with Crippen molar-refractivity contribution in [2.24, 2.45) is 5.92 Å². The molecule has 1 aliphatic heterocycles. The number of piperidine rings is 1. The molecule has 0 aromatic heterocycles. The predicted octanol–water partition coefficient (Wildman–Crippen LogP) is 0.0169. The molecule has 1 rings (SSSR count). The maximum Gasteiger partial charge on any atom is 0.239 e. The molecule has 98 valence electrons. The summed E-state index contributed by atoms with van der Waals surface area (Å²) in [5.41, 5.74) is 0. The number of likely N-dealkylation sites (N-methyl/N-ethyl adjacent to an activating group) is 1. The quantitative estimate of drug-likeness (QED) is 0.635. The van der Waals surface area contributed by atoms with Gasteiger partial charge in [-0.15, -0.1) is 0 Å². The first-order chi connectivity index (χ1) is 8.17. The minimum Gasteiger partial charge on any atom is -0.355 e. The number of carbonyl (C=O) groups excluding carboxylic acids is 2. The van der Waals surface area contributed by atoms with Gasteiger partial charge in [-0.25, -0.2) is 0 Å². The minimum atomic E-state index is -0.136. The van der Waals surface area contributed by atoms with Crippen LogP contribution in [0.25, 0.3) is 0 Å². The fourth-order valence-electron chi connectivity index (χ4n) is 2.12. The van der Waals surface area contributed by atoms with Gasteiger partial charge in [-0.05, 0) is 32.2 Å². The highest BCUT2D eigenvalue weighted by molar-refractivity contribution is 5.87. The summed E-state index contributed by atoms with van der Waals surface area (Å²) in [6.45, 7) is 5.56. The molecular weight excluding hydrogens is 218 g/mol. The second kappa shape index (κ2) is 7.27. The normalized spacial score (nSPS) is 24.1. The van der Waals surface area contributed by atoms with Gasteiger partial charge in [0.1, 0.15) is 0 Å². The molecule has 1 aliphatic rings. The molecule has 5 nitrogen and oxygen atoms in total. The van der Waals surface area contributed by atoms with E-state index in [0.717, 1.165) is 25.8 Å². The third-order valence-electron chi connectivity index (χ3n) is 3.20. The van der Waals surface area contributed by atoms with Gasteiger partial charge >= 0.3 is 0 Å². The maximum atomic E-state index is 11.8. The smallest absolute Gasteiger partial charge is 0.239 e. The van der Waals surface area contributed by atoms with Crippen LogP contribution in [0, 0.1) is 5.92 Å². The Bertz CT molecular complexity index is 268. The molecule has 0 bridgehead atoms. The molecule has 0 spiro atoms. The van der Waals surface area contributed by atoms with Crippen molar-refractivity contribution in [3.8, 4) is 0 Å². The summed E-state index contributed by atoms with van der Waals surface area (Å²) in [6.07, 6.45) is 3.12. The van der Waals surface area contributed by atoms with E-state index in [0.29, 0.717) is 12.5 Å². The molecule has 17 heavy (non-hydrogen) atoms. The highest BCUT2D eigenvalue weighted by Crippen LogP contribution is 2.19. The van der Waals surface area contributed by atoms with Crippen molar-refractivity contribution in [3.63, 3.8) is 0 Å². The number of amides is 2. The molecule has 2 unspecified atom stereocenters. The molecule has 5 heteroatoms. The number of rotatable bonds is 5. The van der Waals surface area contributed by atoms with Gasteiger partial charge in [-0.1, -0.05) is 13.3 Å². The van der Waals surface area contributed by atoms with Crippen molar-refractivity contribution >= 4 is 11.8 Å². The van der Waals surface area contributed by atoms with Crippen molar-refractivity contribution in [3.05, 3.63) is 0 Å². The summed E-state index contributed by atoms with van der Waals surface area (Å²) in [4.78, 5) is 23.0. The van der Waals surface area contributed by atoms with Gasteiger partial charge in [-0.2, -0.15) is 0 Å². The van der Waals surface area contributed by atoms with E-state index in [-0.39, 0.29) is 24.4 Å². The van der Waals surface area contributed by atoms with Crippen molar-refractivity contribution in [1.29, 1.82) is 0 Å². The van der Waals surface area contributed by atoms with Crippen LogP contribution in [0.1, 0.15) is 33.1 Å². The molecule has 0 saturated carbocycles. The van der Waals surface area contributed by atoms with Crippen LogP contribution in [0.2, 0.25) is 0 Å². The van der Waals surface area contributed by atoms with E-state index in [1.165, 1.54) is 0 Å². The van der Waals surface area contributed by atoms with E-state index in [9.17, 15) is 9.59 Å². The fourth-order valence-corrected chi connectivity index (χ4v) is 2.12. The zero-order valence-electron chi connectivity index (χ0n) is 10.7. The summed E-state index contributed by atoms with van der Waals surface area (Å²) in [5, 5.41) is 8.51. The Morgan fingerprint density at radius 3 is 2.71 bits per heavy atom. The Balaban J connectivity index is 2.29. The van der Waals surface area contributed by atoms with Gasteiger partial charge < -0.3 is 16.0 Å². The van der Waals surface area contributed by atoms with Crippen LogP contribution in [0.15, 0.2) is 0 Å². The standard InChI is InChI=1S/C12H23N3O2/c1-3-9-5-6-14-10(7-9)12(17)15-8-11(16)13-4-2/h9-10,14H,3-8H2,1-2H3,(H,13,16)(H,15,17). The Kier molecular flexibility index (Phi) is 5.97. The summed E-state index contributed by atoms with van der Waals surface area (Å²) in [5.74, 6) is 0.426. The van der Waals surface area contributed by atoms with Gasteiger partial charge in [0.2, 0.25) is 11.8 Å². The first kappa shape index (κ1) is 14.0. The van der Waals surface area contributed by atoms with Crippen LogP contribution in [0.4, 0.5) is 0 Å². The Morgan fingerprint density at radius 1 is 1.29 bits per heavy atom. The van der Waals surface area contributed by atoms with E-state index < -0.39 is 0 Å². The van der Waals surface area contributed by atoms with Crippen molar-refractivity contribution in [1.82, 2.24) is 16.0 Å². The molecule has 1 saturated heterocycles. The molecular formula is C12H23N3O2. The topological polar surface area (TPSA) is 70.2 Å². The molecule has 3 N–H and O–H groups in total. The fraction of sp³-hybridized carbons (Fsp3) is 0.833. The Labute approximate surface area is 103 Å². The molecule has 0 aromatic rings. The van der Waals surface area contributed by atoms with E-state index >= 15 is 0 Å². The predicted molar refractivity (Wildman–Crippen MR) is 66.5 cm³/mol. The summed E-state index contributed by atoms with van der Waals surface area (Å²) in [7, 11) is 0. The number of hydrogen-bond acceptors (Lipinski definition) is 3. The number of carbonyl (C=O) groups is 2. The van der Waals surface area contributed by atoms with Gasteiger partial charge in [0.05, 0.1) is 12.6 Å². The van der Waals surface area contributed by atoms with Crippen LogP contribution >= 0.6 is 0 Å². The summed E-state index contributed by atoms with van der Waals surface area (Å²) in [6, 6.07) is -0.136. The molecule has 1 heterocycles. The SMILES string of the molecule is CCNC(=O)CNC(=O)C1CC(CC)CCN1. The molecule has 0 aromatic carbocycles. The minimum absolute atomic E-state index is 0.0607. The zero-order chi connectivity index (χ0) is 12.7. The van der Waals surface area contributed by atoms with Crippen molar-refractivity contribution in [2.45, 2.75) is 39.2 Å². The van der Waals surface area contributed by atoms with E-state index in [1.807, 2.05) is 6.92 Å². The van der Waals surface area contributed by atoms with Gasteiger partial charge in [-0.3, -0.25) is 9.59 Å². The maximum absolute atomic E-state index is 11.8. The third kappa shape index (κ3) is 4.73. The molecule has 0 radical (unpaired) electrons. The molecule has 2 atom stereocenters. The number of hydrogen-bond donors (Lipinski definition) is 3. The van der Waals surface area contributed by atoms with E-state index in [2.05, 4.69) is 22.9 Å². The summed E-state index contributed by atoms with van der Waals surface area (Å²) >= 11 is 0. The Morgan fingerprint density at radius 2 is 2.06 bits per heavy atom. The van der Waals surface area contributed by atoms with Gasteiger partial charge in [0.15, 0.2) is 0 Å². The Hall–Kier alpha value is -1.10. The first-order valence-corrected chi connectivity index (χ1v) is 6.45. The summed E-state index contributed by atoms with van der Waals surface area (Å²) < 4.78 is 0. The van der Waals surface area contributed by atoms with Gasteiger partial charge in [0.25, 0.3) is 0 Å². The van der Waals surface area contributed by atoms with E-state index in [4.69, 9.17) is 0 Å². The van der Waals surface area contributed by atoms with Crippen LogP contribution in [-0.4, -0.2) is 37.5 Å². The molecule has 1 fully saturated rings. The lowest BCUT2D eigenvalue weighted by Crippen LogP contribution is -2.50. The lowest BCUT2D eigenvalue weighted by Gasteiger charge is -2.28. The third-order valence-corrected chi connectivity index (χ3v) is 3.20. The lowest BCUT2D eigenvalue weighted by molar-refractivity contribution is -0.127. The first-order valence-electron chi connectivity index (χ1n) is 6.45. The second-order valence-corrected chi connectivity index (χ2v) is 4.48. The second-order valence-electron chi connectivity index (χ2n) is 4.48. The van der Waals surface area contributed by atoms with Crippen LogP contribution < -0.4 is 16.0 Å². The highest BCUT2D eigenvalue weighted by Gasteiger charge is 2.25. The number of nitrogens with one attached hydrogen (secondary N) is 3. The average molecular weight is 241 g/mol. The molecule has 0 aliphatic carbocycles. The van der Waals surface area contributed by atoms with Crippen molar-refractivity contribution < 1.29 is 9.59 Å². The zero-order valence-corrected chi connectivity index (χ0v) is 10.7. The van der Waals surface area contributed by atoms with Gasteiger partial charge in [0, 0.05) is 6.54 Å².